The van der Waals surface area contributed by atoms with Crippen LogP contribution in [0.15, 0.2) is 6.33 Å². The molecule has 0 aliphatic carbocycles. The van der Waals surface area contributed by atoms with Crippen LogP contribution in [0.1, 0.15) is 6.42 Å². The van der Waals surface area contributed by atoms with E-state index in [-0.39, 0.29) is 22.8 Å². The first-order chi connectivity index (χ1) is 7.63. The number of halogens is 2. The van der Waals surface area contributed by atoms with Gasteiger partial charge in [-0.1, -0.05) is 11.6 Å². The maximum Gasteiger partial charge on any atom is 0.227 e. The topological polar surface area (TPSA) is 72.1 Å². The molecule has 0 aromatic carbocycles. The Morgan fingerprint density at radius 3 is 2.88 bits per heavy atom. The first-order valence-electron chi connectivity index (χ1n) is 4.75. The number of hydrogen-bond donors (Lipinski definition) is 1. The molecule has 1 unspecified atom stereocenters. The summed E-state index contributed by atoms with van der Waals surface area (Å²) in [6, 6.07) is 0. The number of nitrogens with zero attached hydrogens (tertiary/aromatic N) is 3. The maximum absolute atomic E-state index is 11.7. The molecule has 2 rings (SSSR count). The second-order valence-corrected chi connectivity index (χ2v) is 4.29. The van der Waals surface area contributed by atoms with Crippen molar-refractivity contribution in [3.8, 4) is 0 Å². The van der Waals surface area contributed by atoms with E-state index in [0.717, 1.165) is 0 Å². The first-order valence-corrected chi connectivity index (χ1v) is 5.67. The molecule has 1 saturated heterocycles. The number of nitrogens with two attached hydrogens (primary N) is 1. The molecule has 0 radical (unpaired) electrons. The maximum atomic E-state index is 11.7. The van der Waals surface area contributed by atoms with Crippen molar-refractivity contribution in [3.05, 3.63) is 11.5 Å². The number of carbonyl (C=O) groups excluding carboxylic acids is 1. The fraction of sp³-hybridized carbons (Fsp3) is 0.444. The number of rotatable bonds is 2. The van der Waals surface area contributed by atoms with E-state index in [1.165, 1.54) is 11.2 Å². The Morgan fingerprint density at radius 2 is 2.31 bits per heavy atom. The highest BCUT2D eigenvalue weighted by molar-refractivity contribution is 6.33. The van der Waals surface area contributed by atoms with Crippen LogP contribution >= 0.6 is 23.2 Å². The van der Waals surface area contributed by atoms with E-state index < -0.39 is 0 Å². The van der Waals surface area contributed by atoms with Crippen LogP contribution in [0.25, 0.3) is 0 Å². The van der Waals surface area contributed by atoms with E-state index in [1.54, 1.807) is 0 Å². The molecule has 1 aromatic heterocycles. The zero-order valence-corrected chi connectivity index (χ0v) is 9.87. The van der Waals surface area contributed by atoms with E-state index in [0.29, 0.717) is 24.5 Å². The van der Waals surface area contributed by atoms with Gasteiger partial charge in [-0.2, -0.15) is 0 Å². The van der Waals surface area contributed by atoms with Gasteiger partial charge in [0.05, 0.1) is 0 Å². The molecular formula is C9H10Cl2N4O. The largest absolute Gasteiger partial charge is 0.382 e. The van der Waals surface area contributed by atoms with Crippen LogP contribution in [-0.4, -0.2) is 28.3 Å². The van der Waals surface area contributed by atoms with Gasteiger partial charge in [-0.15, -0.1) is 11.6 Å². The monoisotopic (exact) mass is 260 g/mol. The molecule has 0 saturated carbocycles. The van der Waals surface area contributed by atoms with Crippen LogP contribution < -0.4 is 10.6 Å². The highest BCUT2D eigenvalue weighted by Gasteiger charge is 2.32. The van der Waals surface area contributed by atoms with Gasteiger partial charge in [-0.05, 0) is 5.92 Å². The Balaban J connectivity index is 2.35. The Kier molecular flexibility index (Phi) is 3.16. The minimum absolute atomic E-state index is 0.0472. The second-order valence-electron chi connectivity index (χ2n) is 3.63. The van der Waals surface area contributed by atoms with E-state index in [1.807, 2.05) is 0 Å². The van der Waals surface area contributed by atoms with Crippen LogP contribution in [0.4, 0.5) is 11.5 Å². The molecule has 2 N–H and O–H groups in total. The average Bonchev–Trinajstić information content (AvgIpc) is 2.60. The van der Waals surface area contributed by atoms with Crippen molar-refractivity contribution in [2.24, 2.45) is 5.92 Å². The Labute approximate surface area is 103 Å². The molecule has 0 spiro atoms. The third-order valence-corrected chi connectivity index (χ3v) is 3.21. The molecule has 1 aromatic rings. The predicted molar refractivity (Wildman–Crippen MR) is 62.6 cm³/mol. The highest BCUT2D eigenvalue weighted by atomic mass is 35.5. The van der Waals surface area contributed by atoms with Gasteiger partial charge in [0.15, 0.2) is 11.0 Å². The number of amides is 1. The summed E-state index contributed by atoms with van der Waals surface area (Å²) in [5.74, 6) is 0.732. The zero-order chi connectivity index (χ0) is 11.7. The molecule has 16 heavy (non-hydrogen) atoms. The summed E-state index contributed by atoms with van der Waals surface area (Å²) < 4.78 is 0. The van der Waals surface area contributed by atoms with Crippen LogP contribution in [0, 0.1) is 5.92 Å². The molecule has 1 aliphatic rings. The van der Waals surface area contributed by atoms with Gasteiger partial charge in [-0.25, -0.2) is 9.97 Å². The quantitative estimate of drug-likeness (QED) is 0.643. The number of aromatic nitrogens is 2. The fourth-order valence-corrected chi connectivity index (χ4v) is 2.17. The third-order valence-electron chi connectivity index (χ3n) is 2.50. The van der Waals surface area contributed by atoms with Gasteiger partial charge < -0.3 is 10.6 Å². The summed E-state index contributed by atoms with van der Waals surface area (Å²) in [4.78, 5) is 20.9. The number of anilines is 2. The zero-order valence-electron chi connectivity index (χ0n) is 8.36. The number of carbonyl (C=O) groups is 1. The van der Waals surface area contributed by atoms with Gasteiger partial charge in [0, 0.05) is 18.8 Å². The number of nitrogen functional groups attached to an aromatic ring is 1. The number of alkyl halides is 1. The van der Waals surface area contributed by atoms with Crippen molar-refractivity contribution < 1.29 is 4.79 Å². The van der Waals surface area contributed by atoms with Gasteiger partial charge in [0.25, 0.3) is 0 Å². The summed E-state index contributed by atoms with van der Waals surface area (Å²) in [7, 11) is 0. The predicted octanol–water partition coefficient (Wildman–Crippen LogP) is 1.30. The van der Waals surface area contributed by atoms with Crippen molar-refractivity contribution in [2.75, 3.05) is 23.1 Å². The van der Waals surface area contributed by atoms with Crippen molar-refractivity contribution in [1.82, 2.24) is 9.97 Å². The molecule has 86 valence electrons. The summed E-state index contributed by atoms with van der Waals surface area (Å²) in [5.41, 5.74) is 6.08. The van der Waals surface area contributed by atoms with Crippen molar-refractivity contribution in [3.63, 3.8) is 0 Å². The summed E-state index contributed by atoms with van der Waals surface area (Å²) >= 11 is 11.6. The van der Waals surface area contributed by atoms with Crippen LogP contribution in [0.3, 0.4) is 0 Å². The van der Waals surface area contributed by atoms with Crippen molar-refractivity contribution in [1.29, 1.82) is 0 Å². The molecule has 1 fully saturated rings. The molecule has 2 heterocycles. The first kappa shape index (κ1) is 11.4. The van der Waals surface area contributed by atoms with E-state index >= 15 is 0 Å². The molecule has 1 aliphatic heterocycles. The van der Waals surface area contributed by atoms with E-state index in [4.69, 9.17) is 28.9 Å². The molecule has 1 amide bonds. The average molecular weight is 261 g/mol. The molecule has 1 atom stereocenters. The summed E-state index contributed by atoms with van der Waals surface area (Å²) in [5, 5.41) is 0.191. The molecule has 0 bridgehead atoms. The minimum atomic E-state index is -0.0472. The van der Waals surface area contributed by atoms with Gasteiger partial charge in [-0.3, -0.25) is 4.79 Å². The highest BCUT2D eigenvalue weighted by Crippen LogP contribution is 2.33. The lowest BCUT2D eigenvalue weighted by atomic mass is 10.1. The lowest BCUT2D eigenvalue weighted by molar-refractivity contribution is -0.117. The van der Waals surface area contributed by atoms with Gasteiger partial charge >= 0.3 is 0 Å². The normalized spacial score (nSPS) is 20.5. The molecule has 5 nitrogen and oxygen atoms in total. The molecule has 7 heteroatoms. The van der Waals surface area contributed by atoms with E-state index in [9.17, 15) is 4.79 Å². The fourth-order valence-electron chi connectivity index (χ4n) is 1.72. The van der Waals surface area contributed by atoms with Crippen molar-refractivity contribution >= 4 is 40.6 Å². The standard InChI is InChI=1S/C9H10Cl2N4O/c10-2-5-1-6(16)15(3-5)7-8(11)13-4-14-9(7)12/h4-5H,1-3H2,(H2,12,13,14). The second kappa shape index (κ2) is 4.43. The van der Waals surface area contributed by atoms with Gasteiger partial charge in [0.2, 0.25) is 5.91 Å². The van der Waals surface area contributed by atoms with E-state index in [2.05, 4.69) is 9.97 Å². The van der Waals surface area contributed by atoms with Crippen LogP contribution in [-0.2, 0) is 4.79 Å². The summed E-state index contributed by atoms with van der Waals surface area (Å²) in [6.07, 6.45) is 1.68. The van der Waals surface area contributed by atoms with Crippen LogP contribution in [0.2, 0.25) is 5.15 Å². The third kappa shape index (κ3) is 1.92. The Hall–Kier alpha value is -1.07. The lowest BCUT2D eigenvalue weighted by Crippen LogP contribution is -2.26. The SMILES string of the molecule is Nc1ncnc(Cl)c1N1CC(CCl)CC1=O. The smallest absolute Gasteiger partial charge is 0.227 e. The number of hydrogen-bond acceptors (Lipinski definition) is 4. The van der Waals surface area contributed by atoms with Gasteiger partial charge in [0.1, 0.15) is 12.0 Å². The van der Waals surface area contributed by atoms with Crippen LogP contribution in [0.5, 0.6) is 0 Å². The molecular weight excluding hydrogens is 251 g/mol. The Bertz CT molecular complexity index is 406. The minimum Gasteiger partial charge on any atom is -0.382 e. The Morgan fingerprint density at radius 1 is 1.56 bits per heavy atom. The lowest BCUT2D eigenvalue weighted by Gasteiger charge is -2.18. The summed E-state index contributed by atoms with van der Waals surface area (Å²) in [6.45, 7) is 0.514. The van der Waals surface area contributed by atoms with Crippen molar-refractivity contribution in [2.45, 2.75) is 6.42 Å².